The second-order valence-corrected chi connectivity index (χ2v) is 7.18. The van der Waals surface area contributed by atoms with Gasteiger partial charge in [-0.3, -0.25) is 0 Å². The highest BCUT2D eigenvalue weighted by Gasteiger charge is 2.20. The first-order chi connectivity index (χ1) is 9.44. The SMILES string of the molecule is CC1CCCC(OCc2occc2CNC(C)(C)C)C1. The minimum Gasteiger partial charge on any atom is -0.467 e. The van der Waals surface area contributed by atoms with Gasteiger partial charge < -0.3 is 14.5 Å². The lowest BCUT2D eigenvalue weighted by molar-refractivity contribution is -0.00308. The molecule has 1 aliphatic rings. The van der Waals surface area contributed by atoms with Crippen LogP contribution in [0.5, 0.6) is 0 Å². The van der Waals surface area contributed by atoms with Crippen molar-refractivity contribution in [3.63, 3.8) is 0 Å². The van der Waals surface area contributed by atoms with Crippen LogP contribution in [0.1, 0.15) is 64.7 Å². The second kappa shape index (κ2) is 6.77. The minimum atomic E-state index is 0.119. The highest BCUT2D eigenvalue weighted by molar-refractivity contribution is 5.16. The molecular formula is C17H29NO2. The van der Waals surface area contributed by atoms with E-state index in [0.29, 0.717) is 12.7 Å². The lowest BCUT2D eigenvalue weighted by Crippen LogP contribution is -2.35. The third-order valence-corrected chi connectivity index (χ3v) is 3.99. The van der Waals surface area contributed by atoms with Gasteiger partial charge in [0.1, 0.15) is 12.4 Å². The predicted molar refractivity (Wildman–Crippen MR) is 81.5 cm³/mol. The number of ether oxygens (including phenoxy) is 1. The van der Waals surface area contributed by atoms with E-state index in [1.165, 1.54) is 31.2 Å². The summed E-state index contributed by atoms with van der Waals surface area (Å²) in [5.41, 5.74) is 1.33. The Labute approximate surface area is 123 Å². The van der Waals surface area contributed by atoms with Gasteiger partial charge in [-0.1, -0.05) is 19.8 Å². The van der Waals surface area contributed by atoms with E-state index in [1.807, 2.05) is 6.07 Å². The first-order valence-corrected chi connectivity index (χ1v) is 7.86. The lowest BCUT2D eigenvalue weighted by atomic mass is 9.89. The molecular weight excluding hydrogens is 250 g/mol. The Bertz CT molecular complexity index is 405. The van der Waals surface area contributed by atoms with Gasteiger partial charge in [0.15, 0.2) is 0 Å². The molecule has 20 heavy (non-hydrogen) atoms. The summed E-state index contributed by atoms with van der Waals surface area (Å²) >= 11 is 0. The molecule has 1 aromatic heterocycles. The number of hydrogen-bond acceptors (Lipinski definition) is 3. The number of nitrogens with one attached hydrogen (secondary N) is 1. The highest BCUT2D eigenvalue weighted by Crippen LogP contribution is 2.26. The number of furan rings is 1. The monoisotopic (exact) mass is 279 g/mol. The van der Waals surface area contributed by atoms with Crippen LogP contribution in [-0.2, 0) is 17.9 Å². The summed E-state index contributed by atoms with van der Waals surface area (Å²) in [4.78, 5) is 0. The van der Waals surface area contributed by atoms with Gasteiger partial charge in [-0.15, -0.1) is 0 Å². The van der Waals surface area contributed by atoms with Crippen LogP contribution < -0.4 is 5.32 Å². The van der Waals surface area contributed by atoms with Crippen molar-refractivity contribution in [1.29, 1.82) is 0 Å². The van der Waals surface area contributed by atoms with E-state index in [-0.39, 0.29) is 5.54 Å². The fourth-order valence-electron chi connectivity index (χ4n) is 2.73. The quantitative estimate of drug-likeness (QED) is 0.874. The van der Waals surface area contributed by atoms with Crippen molar-refractivity contribution in [2.24, 2.45) is 5.92 Å². The molecule has 1 heterocycles. The lowest BCUT2D eigenvalue weighted by Gasteiger charge is -2.26. The van der Waals surface area contributed by atoms with Gasteiger partial charge in [-0.05, 0) is 45.6 Å². The summed E-state index contributed by atoms with van der Waals surface area (Å²) < 4.78 is 11.6. The molecule has 1 N–H and O–H groups in total. The van der Waals surface area contributed by atoms with E-state index in [1.54, 1.807) is 6.26 Å². The molecule has 0 bridgehead atoms. The van der Waals surface area contributed by atoms with E-state index in [2.05, 4.69) is 33.0 Å². The maximum absolute atomic E-state index is 6.05. The normalized spacial score (nSPS) is 24.0. The van der Waals surface area contributed by atoms with Crippen LogP contribution in [0.15, 0.2) is 16.7 Å². The van der Waals surface area contributed by atoms with Crippen LogP contribution >= 0.6 is 0 Å². The van der Waals surface area contributed by atoms with Gasteiger partial charge in [0, 0.05) is 17.6 Å². The van der Waals surface area contributed by atoms with Crippen LogP contribution in [-0.4, -0.2) is 11.6 Å². The Morgan fingerprint density at radius 3 is 2.85 bits per heavy atom. The maximum Gasteiger partial charge on any atom is 0.133 e. The smallest absolute Gasteiger partial charge is 0.133 e. The van der Waals surface area contributed by atoms with Gasteiger partial charge in [-0.25, -0.2) is 0 Å². The minimum absolute atomic E-state index is 0.119. The van der Waals surface area contributed by atoms with Gasteiger partial charge in [0.2, 0.25) is 0 Å². The molecule has 1 saturated carbocycles. The molecule has 2 rings (SSSR count). The van der Waals surface area contributed by atoms with E-state index in [4.69, 9.17) is 9.15 Å². The van der Waals surface area contributed by atoms with Crippen molar-refractivity contribution in [2.75, 3.05) is 0 Å². The van der Waals surface area contributed by atoms with Crippen LogP contribution in [0.25, 0.3) is 0 Å². The molecule has 0 aliphatic heterocycles. The van der Waals surface area contributed by atoms with Crippen LogP contribution in [0.4, 0.5) is 0 Å². The van der Waals surface area contributed by atoms with E-state index < -0.39 is 0 Å². The molecule has 2 unspecified atom stereocenters. The zero-order valence-corrected chi connectivity index (χ0v) is 13.4. The predicted octanol–water partition coefficient (Wildman–Crippen LogP) is 4.26. The maximum atomic E-state index is 6.05. The van der Waals surface area contributed by atoms with Gasteiger partial charge >= 0.3 is 0 Å². The Balaban J connectivity index is 1.82. The van der Waals surface area contributed by atoms with Crippen LogP contribution in [0.2, 0.25) is 0 Å². The van der Waals surface area contributed by atoms with Crippen molar-refractivity contribution in [2.45, 2.75) is 78.2 Å². The van der Waals surface area contributed by atoms with Crippen molar-refractivity contribution >= 4 is 0 Å². The first kappa shape index (κ1) is 15.6. The Morgan fingerprint density at radius 1 is 1.35 bits per heavy atom. The highest BCUT2D eigenvalue weighted by atomic mass is 16.5. The average Bonchev–Trinajstić information content (AvgIpc) is 2.81. The fourth-order valence-corrected chi connectivity index (χ4v) is 2.73. The van der Waals surface area contributed by atoms with E-state index in [9.17, 15) is 0 Å². The van der Waals surface area contributed by atoms with Gasteiger partial charge in [0.05, 0.1) is 12.4 Å². The summed E-state index contributed by atoms with van der Waals surface area (Å²) in [6.45, 7) is 10.3. The molecule has 0 saturated heterocycles. The third kappa shape index (κ3) is 4.95. The topological polar surface area (TPSA) is 34.4 Å². The summed E-state index contributed by atoms with van der Waals surface area (Å²) in [5, 5.41) is 3.49. The number of hydrogen-bond donors (Lipinski definition) is 1. The fraction of sp³-hybridized carbons (Fsp3) is 0.765. The summed E-state index contributed by atoms with van der Waals surface area (Å²) in [7, 11) is 0. The summed E-state index contributed by atoms with van der Waals surface area (Å²) in [6, 6.07) is 2.04. The number of rotatable bonds is 5. The Morgan fingerprint density at radius 2 is 2.15 bits per heavy atom. The molecule has 2 atom stereocenters. The third-order valence-electron chi connectivity index (χ3n) is 3.99. The molecule has 3 heteroatoms. The second-order valence-electron chi connectivity index (χ2n) is 7.18. The van der Waals surface area contributed by atoms with E-state index >= 15 is 0 Å². The van der Waals surface area contributed by atoms with Crippen LogP contribution in [0.3, 0.4) is 0 Å². The van der Waals surface area contributed by atoms with Crippen molar-refractivity contribution in [3.05, 3.63) is 23.7 Å². The zero-order chi connectivity index (χ0) is 14.6. The summed E-state index contributed by atoms with van der Waals surface area (Å²) in [6.07, 6.45) is 7.20. The van der Waals surface area contributed by atoms with Crippen molar-refractivity contribution in [3.8, 4) is 0 Å². The van der Waals surface area contributed by atoms with Crippen molar-refractivity contribution in [1.82, 2.24) is 5.32 Å². The molecule has 0 radical (unpaired) electrons. The first-order valence-electron chi connectivity index (χ1n) is 7.86. The molecule has 0 spiro atoms. The standard InChI is InChI=1S/C17H29NO2/c1-13-6-5-7-15(10-13)20-12-16-14(8-9-19-16)11-18-17(2,3)4/h8-9,13,15,18H,5-7,10-12H2,1-4H3. The Kier molecular flexibility index (Phi) is 5.28. The average molecular weight is 279 g/mol. The largest absolute Gasteiger partial charge is 0.467 e. The van der Waals surface area contributed by atoms with E-state index in [0.717, 1.165) is 18.2 Å². The molecule has 114 valence electrons. The van der Waals surface area contributed by atoms with Crippen molar-refractivity contribution < 1.29 is 9.15 Å². The zero-order valence-electron chi connectivity index (χ0n) is 13.4. The molecule has 1 aromatic rings. The van der Waals surface area contributed by atoms with Gasteiger partial charge in [0.25, 0.3) is 0 Å². The molecule has 3 nitrogen and oxygen atoms in total. The molecule has 1 fully saturated rings. The molecule has 0 amide bonds. The summed E-state index contributed by atoms with van der Waals surface area (Å²) in [5.74, 6) is 1.77. The van der Waals surface area contributed by atoms with Crippen LogP contribution in [0, 0.1) is 5.92 Å². The molecule has 1 aliphatic carbocycles. The Hall–Kier alpha value is -0.800. The molecule has 0 aromatic carbocycles. The van der Waals surface area contributed by atoms with Gasteiger partial charge in [-0.2, -0.15) is 0 Å².